The van der Waals surface area contributed by atoms with E-state index in [9.17, 15) is 4.79 Å². The SMILES string of the molecule is N#CCn1nnc(C=O)c1-c1ccncc1. The molecule has 0 aliphatic carbocycles. The minimum atomic E-state index is 0.0541. The van der Waals surface area contributed by atoms with Crippen LogP contribution in [0.5, 0.6) is 0 Å². The molecule has 0 unspecified atom stereocenters. The molecule has 0 amide bonds. The summed E-state index contributed by atoms with van der Waals surface area (Å²) in [4.78, 5) is 14.7. The predicted molar refractivity (Wildman–Crippen MR) is 54.3 cm³/mol. The molecular formula is C10H7N5O. The fraction of sp³-hybridized carbons (Fsp3) is 0.100. The lowest BCUT2D eigenvalue weighted by Gasteiger charge is -2.01. The van der Waals surface area contributed by atoms with Crippen molar-refractivity contribution < 1.29 is 4.79 Å². The van der Waals surface area contributed by atoms with Crippen LogP contribution in [0.25, 0.3) is 11.3 Å². The summed E-state index contributed by atoms with van der Waals surface area (Å²) in [7, 11) is 0. The predicted octanol–water partition coefficient (Wildman–Crippen LogP) is 0.676. The van der Waals surface area contributed by atoms with Crippen molar-refractivity contribution >= 4 is 6.29 Å². The van der Waals surface area contributed by atoms with Crippen LogP contribution in [0.15, 0.2) is 24.5 Å². The van der Waals surface area contributed by atoms with Crippen molar-refractivity contribution in [3.05, 3.63) is 30.2 Å². The number of pyridine rings is 1. The molecule has 0 aliphatic heterocycles. The standard InChI is InChI=1S/C10H7N5O/c11-3-6-15-10(9(7-16)13-14-15)8-1-4-12-5-2-8/h1-2,4-5,7H,6H2. The number of hydrogen-bond donors (Lipinski definition) is 0. The van der Waals surface area contributed by atoms with Crippen molar-refractivity contribution in [1.82, 2.24) is 20.0 Å². The quantitative estimate of drug-likeness (QED) is 0.700. The van der Waals surface area contributed by atoms with Crippen LogP contribution in [0, 0.1) is 11.3 Å². The molecule has 78 valence electrons. The van der Waals surface area contributed by atoms with Crippen LogP contribution in [0.3, 0.4) is 0 Å². The number of aromatic nitrogens is 4. The topological polar surface area (TPSA) is 84.5 Å². The molecule has 2 heterocycles. The van der Waals surface area contributed by atoms with E-state index in [1.54, 1.807) is 24.5 Å². The summed E-state index contributed by atoms with van der Waals surface area (Å²) in [6.45, 7) is 0.0541. The highest BCUT2D eigenvalue weighted by molar-refractivity contribution is 5.83. The Balaban J connectivity index is 2.58. The molecule has 2 rings (SSSR count). The van der Waals surface area contributed by atoms with Gasteiger partial charge in [-0.25, -0.2) is 4.68 Å². The van der Waals surface area contributed by atoms with E-state index >= 15 is 0 Å². The lowest BCUT2D eigenvalue weighted by molar-refractivity contribution is 0.111. The van der Waals surface area contributed by atoms with Crippen molar-refractivity contribution in [2.45, 2.75) is 6.54 Å². The Hall–Kier alpha value is -2.55. The van der Waals surface area contributed by atoms with Crippen LogP contribution in [0.4, 0.5) is 0 Å². The van der Waals surface area contributed by atoms with Gasteiger partial charge in [0.05, 0.1) is 6.07 Å². The molecule has 0 spiro atoms. The lowest BCUT2D eigenvalue weighted by atomic mass is 10.1. The van der Waals surface area contributed by atoms with Crippen molar-refractivity contribution in [2.75, 3.05) is 0 Å². The molecule has 2 aromatic rings. The zero-order valence-corrected chi connectivity index (χ0v) is 8.24. The molecule has 0 N–H and O–H groups in total. The Labute approximate surface area is 91.2 Å². The Morgan fingerprint density at radius 2 is 2.19 bits per heavy atom. The van der Waals surface area contributed by atoms with E-state index in [1.165, 1.54) is 4.68 Å². The molecule has 0 fully saturated rings. The molecule has 0 radical (unpaired) electrons. The second kappa shape index (κ2) is 4.31. The summed E-state index contributed by atoms with van der Waals surface area (Å²) >= 11 is 0. The van der Waals surface area contributed by atoms with E-state index in [0.717, 1.165) is 5.56 Å². The number of nitriles is 1. The van der Waals surface area contributed by atoms with Crippen molar-refractivity contribution in [3.8, 4) is 17.3 Å². The van der Waals surface area contributed by atoms with E-state index < -0.39 is 0 Å². The summed E-state index contributed by atoms with van der Waals surface area (Å²) < 4.78 is 1.39. The maximum atomic E-state index is 10.8. The first-order valence-electron chi connectivity index (χ1n) is 4.53. The number of aldehydes is 1. The van der Waals surface area contributed by atoms with Gasteiger partial charge in [0.15, 0.2) is 12.0 Å². The Bertz CT molecular complexity index is 540. The summed E-state index contributed by atoms with van der Waals surface area (Å²) in [6, 6.07) is 5.43. The Morgan fingerprint density at radius 1 is 1.44 bits per heavy atom. The number of rotatable bonds is 3. The van der Waals surface area contributed by atoms with Crippen LogP contribution in [-0.4, -0.2) is 26.3 Å². The van der Waals surface area contributed by atoms with E-state index in [0.29, 0.717) is 12.0 Å². The molecular weight excluding hydrogens is 206 g/mol. The van der Waals surface area contributed by atoms with Crippen molar-refractivity contribution in [3.63, 3.8) is 0 Å². The van der Waals surface area contributed by atoms with E-state index in [-0.39, 0.29) is 12.2 Å². The second-order valence-corrected chi connectivity index (χ2v) is 2.99. The van der Waals surface area contributed by atoms with Crippen LogP contribution in [0.1, 0.15) is 10.5 Å². The average Bonchev–Trinajstić information content (AvgIpc) is 2.74. The second-order valence-electron chi connectivity index (χ2n) is 2.99. The highest BCUT2D eigenvalue weighted by Crippen LogP contribution is 2.19. The third-order valence-electron chi connectivity index (χ3n) is 2.05. The summed E-state index contributed by atoms with van der Waals surface area (Å²) in [5.74, 6) is 0. The molecule has 0 aromatic carbocycles. The summed E-state index contributed by atoms with van der Waals surface area (Å²) in [6.07, 6.45) is 3.83. The molecule has 0 atom stereocenters. The zero-order chi connectivity index (χ0) is 11.4. The Morgan fingerprint density at radius 3 is 2.81 bits per heavy atom. The monoisotopic (exact) mass is 213 g/mol. The van der Waals surface area contributed by atoms with Crippen molar-refractivity contribution in [1.29, 1.82) is 5.26 Å². The first-order valence-corrected chi connectivity index (χ1v) is 4.53. The van der Waals surface area contributed by atoms with Gasteiger partial charge in [-0.3, -0.25) is 9.78 Å². The van der Waals surface area contributed by atoms with E-state index in [2.05, 4.69) is 15.3 Å². The summed E-state index contributed by atoms with van der Waals surface area (Å²) in [5.41, 5.74) is 1.53. The molecule has 6 nitrogen and oxygen atoms in total. The third kappa shape index (κ3) is 1.66. The number of carbonyl (C=O) groups is 1. The van der Waals surface area contributed by atoms with Gasteiger partial charge in [0.25, 0.3) is 0 Å². The normalized spacial score (nSPS) is 9.69. The van der Waals surface area contributed by atoms with E-state index in [1.807, 2.05) is 6.07 Å². The van der Waals surface area contributed by atoms with Crippen LogP contribution in [0.2, 0.25) is 0 Å². The van der Waals surface area contributed by atoms with Crippen LogP contribution in [-0.2, 0) is 6.54 Å². The molecule has 16 heavy (non-hydrogen) atoms. The molecule has 0 bridgehead atoms. The molecule has 0 aliphatic rings. The van der Waals surface area contributed by atoms with Gasteiger partial charge in [-0.15, -0.1) is 5.10 Å². The van der Waals surface area contributed by atoms with Crippen LogP contribution < -0.4 is 0 Å². The smallest absolute Gasteiger partial charge is 0.172 e. The molecule has 2 aromatic heterocycles. The highest BCUT2D eigenvalue weighted by Gasteiger charge is 2.13. The molecule has 0 saturated heterocycles. The van der Waals surface area contributed by atoms with Gasteiger partial charge < -0.3 is 0 Å². The van der Waals surface area contributed by atoms with Gasteiger partial charge in [0, 0.05) is 18.0 Å². The van der Waals surface area contributed by atoms with E-state index in [4.69, 9.17) is 5.26 Å². The highest BCUT2D eigenvalue weighted by atomic mass is 16.1. The number of hydrogen-bond acceptors (Lipinski definition) is 5. The lowest BCUT2D eigenvalue weighted by Crippen LogP contribution is -2.01. The Kier molecular flexibility index (Phi) is 2.69. The number of nitrogens with zero attached hydrogens (tertiary/aromatic N) is 5. The third-order valence-corrected chi connectivity index (χ3v) is 2.05. The summed E-state index contributed by atoms with van der Waals surface area (Å²) in [5, 5.41) is 16.1. The van der Waals surface area contributed by atoms with Gasteiger partial charge in [-0.2, -0.15) is 5.26 Å². The maximum Gasteiger partial charge on any atom is 0.172 e. The first-order chi connectivity index (χ1) is 7.86. The van der Waals surface area contributed by atoms with Gasteiger partial charge >= 0.3 is 0 Å². The maximum absolute atomic E-state index is 10.8. The van der Waals surface area contributed by atoms with Gasteiger partial charge in [-0.05, 0) is 12.1 Å². The first kappa shape index (κ1) is 9.98. The largest absolute Gasteiger partial charge is 0.296 e. The molecule has 6 heteroatoms. The van der Waals surface area contributed by atoms with Crippen LogP contribution >= 0.6 is 0 Å². The fourth-order valence-corrected chi connectivity index (χ4v) is 1.39. The average molecular weight is 213 g/mol. The molecule has 0 saturated carbocycles. The van der Waals surface area contributed by atoms with Crippen molar-refractivity contribution in [2.24, 2.45) is 0 Å². The van der Waals surface area contributed by atoms with Gasteiger partial charge in [0.1, 0.15) is 12.2 Å². The minimum absolute atomic E-state index is 0.0541. The zero-order valence-electron chi connectivity index (χ0n) is 8.24. The number of carbonyl (C=O) groups excluding carboxylic acids is 1. The minimum Gasteiger partial charge on any atom is -0.296 e. The van der Waals surface area contributed by atoms with Gasteiger partial charge in [0.2, 0.25) is 0 Å². The fourth-order valence-electron chi connectivity index (χ4n) is 1.39. The van der Waals surface area contributed by atoms with Gasteiger partial charge in [-0.1, -0.05) is 5.21 Å².